The first kappa shape index (κ1) is 11.1. The van der Waals surface area contributed by atoms with E-state index in [1.54, 1.807) is 0 Å². The van der Waals surface area contributed by atoms with E-state index in [0.717, 1.165) is 0 Å². The quantitative estimate of drug-likeness (QED) is 0.601. The van der Waals surface area contributed by atoms with Gasteiger partial charge in [-0.1, -0.05) is 0 Å². The first-order chi connectivity index (χ1) is 5.49. The summed E-state index contributed by atoms with van der Waals surface area (Å²) in [6, 6.07) is 0. The van der Waals surface area contributed by atoms with E-state index in [2.05, 4.69) is 15.0 Å². The molecule has 3 N–H and O–H groups in total. The van der Waals surface area contributed by atoms with Gasteiger partial charge in [0.15, 0.2) is 0 Å². The van der Waals surface area contributed by atoms with Crippen molar-refractivity contribution in [2.75, 3.05) is 0 Å². The van der Waals surface area contributed by atoms with Crippen molar-refractivity contribution in [3.8, 4) is 0 Å². The van der Waals surface area contributed by atoms with Crippen LogP contribution in [0, 0.1) is 0 Å². The molecule has 0 saturated carbocycles. The molecule has 7 heteroatoms. The Morgan fingerprint density at radius 2 is 2.08 bits per heavy atom. The fourth-order valence-electron chi connectivity index (χ4n) is 0.544. The highest BCUT2D eigenvalue weighted by molar-refractivity contribution is 7.09. The van der Waals surface area contributed by atoms with Crippen LogP contribution in [0.15, 0.2) is 0 Å². The molecule has 0 rings (SSSR count). The number of hydrogen-bond donors (Lipinski definition) is 2. The number of carboxylic acids is 1. The molecule has 3 atom stereocenters. The van der Waals surface area contributed by atoms with Crippen LogP contribution in [-0.4, -0.2) is 29.4 Å². The number of carbonyl (C=O) groups is 2. The van der Waals surface area contributed by atoms with Crippen molar-refractivity contribution in [3.63, 3.8) is 0 Å². The van der Waals surface area contributed by atoms with Crippen molar-refractivity contribution in [3.05, 3.63) is 0 Å². The molecule has 0 aromatic carbocycles. The molecule has 12 heavy (non-hydrogen) atoms. The maximum Gasteiger partial charge on any atom is 0.405 e. The van der Waals surface area contributed by atoms with E-state index < -0.39 is 24.3 Å². The van der Waals surface area contributed by atoms with Crippen molar-refractivity contribution in [1.82, 2.24) is 0 Å². The molecule has 0 aromatic heterocycles. The topological polar surface area (TPSA) is 98.9 Å². The summed E-state index contributed by atoms with van der Waals surface area (Å²) in [4.78, 5) is 20.6. The monoisotopic (exact) mass is 195 g/mol. The smallest absolute Gasteiger partial charge is 0.405 e. The zero-order chi connectivity index (χ0) is 9.72. The normalized spacial score (nSPS) is 14.8. The molecule has 0 heterocycles. The second-order valence-electron chi connectivity index (χ2n) is 2.04. The third-order valence-electron chi connectivity index (χ3n) is 1.13. The van der Waals surface area contributed by atoms with E-state index in [-0.39, 0.29) is 0 Å². The molecule has 0 bridgehead atoms. The van der Waals surface area contributed by atoms with Gasteiger partial charge in [0.25, 0.3) is 0 Å². The lowest BCUT2D eigenvalue weighted by molar-refractivity contribution is -0.150. The van der Waals surface area contributed by atoms with Gasteiger partial charge in [0, 0.05) is 9.47 Å². The minimum atomic E-state index is -1.38. The molecule has 0 saturated heterocycles. The Morgan fingerprint density at radius 3 is 2.33 bits per heavy atom. The van der Waals surface area contributed by atoms with Crippen LogP contribution < -0.4 is 5.73 Å². The van der Waals surface area contributed by atoms with Crippen molar-refractivity contribution in [2.45, 2.75) is 19.1 Å². The van der Waals surface area contributed by atoms with Crippen LogP contribution in [0.2, 0.25) is 0 Å². The average molecular weight is 195 g/mol. The van der Waals surface area contributed by atoms with Crippen LogP contribution >= 0.6 is 9.47 Å². The number of primary amides is 1. The average Bonchev–Trinajstić information content (AvgIpc) is 1.98. The number of hydrogen-bond acceptors (Lipinski definition) is 4. The molecule has 3 unspecified atom stereocenters. The first-order valence-corrected chi connectivity index (χ1v) is 3.50. The summed E-state index contributed by atoms with van der Waals surface area (Å²) in [6.45, 7) is 1.44. The van der Waals surface area contributed by atoms with Gasteiger partial charge in [-0.05, 0) is 6.92 Å². The Morgan fingerprint density at radius 1 is 1.58 bits per heavy atom. The summed E-state index contributed by atoms with van der Waals surface area (Å²) >= 11 is 0. The Hall–Kier alpha value is -0.870. The highest BCUT2D eigenvalue weighted by Crippen LogP contribution is 2.07. The number of carboxylic acid groups (broad SMARTS) is 1. The fraction of sp³-hybridized carbons (Fsp3) is 0.600. The van der Waals surface area contributed by atoms with Crippen LogP contribution in [0.3, 0.4) is 0 Å². The van der Waals surface area contributed by atoms with E-state index in [0.29, 0.717) is 0 Å². The van der Waals surface area contributed by atoms with E-state index in [1.807, 2.05) is 9.47 Å². The number of nitrogens with two attached hydrogens (primary N) is 1. The Bertz CT molecular complexity index is 185. The Labute approximate surface area is 71.3 Å². The van der Waals surface area contributed by atoms with E-state index in [9.17, 15) is 9.59 Å². The van der Waals surface area contributed by atoms with Gasteiger partial charge < -0.3 is 20.1 Å². The Kier molecular flexibility index (Phi) is 4.54. The predicted octanol–water partition coefficient (Wildman–Crippen LogP) is -0.270. The first-order valence-electron chi connectivity index (χ1n) is 3.03. The van der Waals surface area contributed by atoms with Crippen molar-refractivity contribution in [2.24, 2.45) is 5.73 Å². The second kappa shape index (κ2) is 4.90. The molecule has 0 radical (unpaired) electrons. The van der Waals surface area contributed by atoms with Gasteiger partial charge in [0.2, 0.25) is 6.10 Å². The third kappa shape index (κ3) is 3.50. The lowest BCUT2D eigenvalue weighted by Crippen LogP contribution is -2.38. The molecule has 0 fully saturated rings. The lowest BCUT2D eigenvalue weighted by Gasteiger charge is -2.17. The van der Waals surface area contributed by atoms with Gasteiger partial charge in [-0.3, -0.25) is 0 Å². The highest BCUT2D eigenvalue weighted by Gasteiger charge is 2.27. The van der Waals surface area contributed by atoms with Crippen molar-refractivity contribution < 1.29 is 24.0 Å². The molecule has 6 nitrogen and oxygen atoms in total. The number of carbonyl (C=O) groups excluding carboxylic acids is 1. The molecule has 0 spiro atoms. The minimum Gasteiger partial charge on any atom is -0.478 e. The van der Waals surface area contributed by atoms with Crippen molar-refractivity contribution in [1.29, 1.82) is 0 Å². The summed E-state index contributed by atoms with van der Waals surface area (Å²) in [5.41, 5.74) is 4.64. The third-order valence-corrected chi connectivity index (χ3v) is 1.56. The van der Waals surface area contributed by atoms with Gasteiger partial charge in [-0.25, -0.2) is 9.59 Å². The van der Waals surface area contributed by atoms with Crippen LogP contribution in [0.25, 0.3) is 0 Å². The zero-order valence-corrected chi connectivity index (χ0v) is 7.54. The summed E-state index contributed by atoms with van der Waals surface area (Å²) in [6.07, 6.45) is -3.28. The lowest BCUT2D eigenvalue weighted by atomic mass is 10.2. The standard InChI is InChI=1S/C5H10NO5P/c1-2(11-12)3(4(7)8)10-5(6)9/h2-3H,12H2,1H3,(H2,6,9)(H,7,8). The van der Waals surface area contributed by atoms with Gasteiger partial charge in [-0.2, -0.15) is 0 Å². The van der Waals surface area contributed by atoms with E-state index in [4.69, 9.17) is 5.11 Å². The minimum absolute atomic E-state index is 0.764. The van der Waals surface area contributed by atoms with Crippen LogP contribution in [0.4, 0.5) is 4.79 Å². The number of aliphatic carboxylic acids is 1. The van der Waals surface area contributed by atoms with Crippen LogP contribution in [-0.2, 0) is 14.1 Å². The summed E-state index contributed by atoms with van der Waals surface area (Å²) in [5, 5.41) is 8.50. The van der Waals surface area contributed by atoms with Gasteiger partial charge >= 0.3 is 12.1 Å². The van der Waals surface area contributed by atoms with Crippen LogP contribution in [0.1, 0.15) is 6.92 Å². The van der Waals surface area contributed by atoms with Gasteiger partial charge in [0.1, 0.15) is 6.10 Å². The maximum atomic E-state index is 10.4. The molecule has 70 valence electrons. The van der Waals surface area contributed by atoms with Crippen molar-refractivity contribution >= 4 is 21.5 Å². The summed E-state index contributed by atoms with van der Waals surface area (Å²) < 4.78 is 8.84. The van der Waals surface area contributed by atoms with E-state index >= 15 is 0 Å². The number of ether oxygens (including phenoxy) is 1. The summed E-state index contributed by atoms with van der Waals surface area (Å²) in [5.74, 6) is -1.30. The summed E-state index contributed by atoms with van der Waals surface area (Å²) in [7, 11) is 1.87. The predicted molar refractivity (Wildman–Crippen MR) is 42.3 cm³/mol. The molecular weight excluding hydrogens is 185 g/mol. The Balaban J connectivity index is 4.22. The molecule has 0 aliphatic rings. The molecule has 1 amide bonds. The number of amides is 1. The zero-order valence-electron chi connectivity index (χ0n) is 6.39. The van der Waals surface area contributed by atoms with E-state index in [1.165, 1.54) is 6.92 Å². The van der Waals surface area contributed by atoms with Gasteiger partial charge in [-0.15, -0.1) is 0 Å². The van der Waals surface area contributed by atoms with Gasteiger partial charge in [0.05, 0.1) is 0 Å². The molecule has 0 aliphatic carbocycles. The number of rotatable bonds is 4. The largest absolute Gasteiger partial charge is 0.478 e. The fourth-order valence-corrected chi connectivity index (χ4v) is 0.686. The highest BCUT2D eigenvalue weighted by atomic mass is 31.0. The van der Waals surface area contributed by atoms with Crippen LogP contribution in [0.5, 0.6) is 0 Å². The second-order valence-corrected chi connectivity index (χ2v) is 2.31. The SMILES string of the molecule is CC(OP)C(OC(N)=O)C(=O)O. The molecule has 0 aliphatic heterocycles. The molecule has 0 aromatic rings. The molecular formula is C5H10NO5P. The maximum absolute atomic E-state index is 10.4.